The molecule has 0 aliphatic carbocycles. The number of carbonyl (C=O) groups is 2. The average Bonchev–Trinajstić information content (AvgIpc) is 3.18. The maximum Gasteiger partial charge on any atom is 0.301 e. The Kier molecular flexibility index (Phi) is 4.99. The SMILES string of the molecule is Cc1ccc([C@@H]2C(=C(O)c3ccc(F)cc3)C(=O)C(=O)N2c2nc(C)c(C)s2)cc1. The van der Waals surface area contributed by atoms with Crippen molar-refractivity contribution >= 4 is 33.9 Å². The van der Waals surface area contributed by atoms with Gasteiger partial charge in [0.2, 0.25) is 0 Å². The molecule has 2 heterocycles. The Morgan fingerprint density at radius 1 is 1.03 bits per heavy atom. The first-order valence-electron chi connectivity index (χ1n) is 9.35. The van der Waals surface area contributed by atoms with Crippen molar-refractivity contribution in [2.45, 2.75) is 26.8 Å². The smallest absolute Gasteiger partial charge is 0.301 e. The molecule has 152 valence electrons. The van der Waals surface area contributed by atoms with Crippen LogP contribution in [0, 0.1) is 26.6 Å². The quantitative estimate of drug-likeness (QED) is 0.373. The normalized spacial score (nSPS) is 18.3. The van der Waals surface area contributed by atoms with Crippen molar-refractivity contribution in [3.05, 3.63) is 87.2 Å². The third-order valence-corrected chi connectivity index (χ3v) is 6.25. The fourth-order valence-corrected chi connectivity index (χ4v) is 4.35. The number of aromatic nitrogens is 1. The van der Waals surface area contributed by atoms with Gasteiger partial charge in [0.25, 0.3) is 5.78 Å². The molecule has 5 nitrogen and oxygen atoms in total. The van der Waals surface area contributed by atoms with Gasteiger partial charge >= 0.3 is 5.91 Å². The Morgan fingerprint density at radius 2 is 1.67 bits per heavy atom. The van der Waals surface area contributed by atoms with Crippen LogP contribution < -0.4 is 4.90 Å². The lowest BCUT2D eigenvalue weighted by Crippen LogP contribution is -2.29. The summed E-state index contributed by atoms with van der Waals surface area (Å²) in [4.78, 5) is 32.8. The van der Waals surface area contributed by atoms with Crippen molar-refractivity contribution < 1.29 is 19.1 Å². The molecule has 0 saturated carbocycles. The summed E-state index contributed by atoms with van der Waals surface area (Å²) < 4.78 is 13.3. The molecule has 1 atom stereocenters. The maximum absolute atomic E-state index is 13.3. The van der Waals surface area contributed by atoms with Gasteiger partial charge in [-0.3, -0.25) is 14.5 Å². The van der Waals surface area contributed by atoms with E-state index in [4.69, 9.17) is 0 Å². The molecule has 1 amide bonds. The first-order chi connectivity index (χ1) is 14.3. The standard InChI is InChI=1S/C23H19FN2O3S/c1-12-4-6-15(7-5-12)19-18(20(27)16-8-10-17(24)11-9-16)21(28)22(29)26(19)23-25-13(2)14(3)30-23/h4-11,19,27H,1-3H3/t19-/m1/s1. The summed E-state index contributed by atoms with van der Waals surface area (Å²) in [6.45, 7) is 5.67. The zero-order valence-electron chi connectivity index (χ0n) is 16.6. The number of thiazole rings is 1. The molecular formula is C23H19FN2O3S. The Balaban J connectivity index is 1.94. The number of hydrogen-bond donors (Lipinski definition) is 1. The minimum atomic E-state index is -0.833. The number of aliphatic hydroxyl groups is 1. The van der Waals surface area contributed by atoms with Crippen LogP contribution in [0.3, 0.4) is 0 Å². The molecule has 2 aromatic carbocycles. The molecule has 1 saturated heterocycles. The highest BCUT2D eigenvalue weighted by molar-refractivity contribution is 7.16. The zero-order valence-corrected chi connectivity index (χ0v) is 17.5. The van der Waals surface area contributed by atoms with Gasteiger partial charge in [-0.15, -0.1) is 11.3 Å². The zero-order chi connectivity index (χ0) is 21.6. The van der Waals surface area contributed by atoms with Crippen molar-refractivity contribution in [1.82, 2.24) is 4.98 Å². The van der Waals surface area contributed by atoms with Crippen molar-refractivity contribution in [2.75, 3.05) is 4.90 Å². The van der Waals surface area contributed by atoms with Crippen LogP contribution in [-0.2, 0) is 9.59 Å². The van der Waals surface area contributed by atoms with E-state index >= 15 is 0 Å². The van der Waals surface area contributed by atoms with E-state index in [2.05, 4.69) is 4.98 Å². The van der Waals surface area contributed by atoms with Crippen LogP contribution >= 0.6 is 11.3 Å². The molecule has 1 N–H and O–H groups in total. The average molecular weight is 422 g/mol. The van der Waals surface area contributed by atoms with E-state index in [1.165, 1.54) is 40.5 Å². The number of ketones is 1. The summed E-state index contributed by atoms with van der Waals surface area (Å²) in [7, 11) is 0. The van der Waals surface area contributed by atoms with E-state index in [9.17, 15) is 19.1 Å². The molecule has 1 aliphatic rings. The van der Waals surface area contributed by atoms with Gasteiger partial charge < -0.3 is 5.11 Å². The molecule has 0 radical (unpaired) electrons. The van der Waals surface area contributed by atoms with Crippen molar-refractivity contribution in [2.24, 2.45) is 0 Å². The number of amides is 1. The fourth-order valence-electron chi connectivity index (χ4n) is 3.42. The van der Waals surface area contributed by atoms with Crippen LogP contribution in [0.1, 0.15) is 33.3 Å². The highest BCUT2D eigenvalue weighted by atomic mass is 32.1. The Labute approximate surface area is 177 Å². The number of carbonyl (C=O) groups excluding carboxylic acids is 2. The molecule has 0 spiro atoms. The topological polar surface area (TPSA) is 70.5 Å². The minimum absolute atomic E-state index is 0.0408. The van der Waals surface area contributed by atoms with Crippen LogP contribution in [0.4, 0.5) is 9.52 Å². The molecule has 1 fully saturated rings. The lowest BCUT2D eigenvalue weighted by molar-refractivity contribution is -0.132. The number of rotatable bonds is 3. The predicted molar refractivity (Wildman–Crippen MR) is 114 cm³/mol. The van der Waals surface area contributed by atoms with Gasteiger partial charge in [-0.1, -0.05) is 29.8 Å². The Hall–Kier alpha value is -3.32. The third-order valence-electron chi connectivity index (χ3n) is 5.18. The summed E-state index contributed by atoms with van der Waals surface area (Å²) in [5, 5.41) is 11.3. The van der Waals surface area contributed by atoms with Crippen LogP contribution in [0.25, 0.3) is 5.76 Å². The monoisotopic (exact) mass is 422 g/mol. The molecule has 4 rings (SSSR count). The maximum atomic E-state index is 13.3. The predicted octanol–water partition coefficient (Wildman–Crippen LogP) is 4.83. The van der Waals surface area contributed by atoms with Crippen molar-refractivity contribution in [3.8, 4) is 0 Å². The highest BCUT2D eigenvalue weighted by Crippen LogP contribution is 2.43. The van der Waals surface area contributed by atoms with Crippen LogP contribution in [0.2, 0.25) is 0 Å². The fraction of sp³-hybridized carbons (Fsp3) is 0.174. The number of benzene rings is 2. The highest BCUT2D eigenvalue weighted by Gasteiger charge is 2.48. The van der Waals surface area contributed by atoms with Gasteiger partial charge in [0.1, 0.15) is 11.6 Å². The Morgan fingerprint density at radius 3 is 2.23 bits per heavy atom. The molecule has 0 unspecified atom stereocenters. The first kappa shape index (κ1) is 20.0. The van der Waals surface area contributed by atoms with E-state index in [0.717, 1.165) is 16.1 Å². The summed E-state index contributed by atoms with van der Waals surface area (Å²) in [6, 6.07) is 11.7. The molecule has 1 aliphatic heterocycles. The second-order valence-electron chi connectivity index (χ2n) is 7.22. The van der Waals surface area contributed by atoms with Gasteiger partial charge in [0, 0.05) is 10.4 Å². The number of anilines is 1. The molecule has 30 heavy (non-hydrogen) atoms. The number of hydrogen-bond acceptors (Lipinski definition) is 5. The van der Waals surface area contributed by atoms with E-state index in [-0.39, 0.29) is 16.9 Å². The lowest BCUT2D eigenvalue weighted by atomic mass is 9.95. The third kappa shape index (κ3) is 3.31. The van der Waals surface area contributed by atoms with E-state index < -0.39 is 23.5 Å². The summed E-state index contributed by atoms with van der Waals surface area (Å²) in [5.74, 6) is -2.35. The van der Waals surface area contributed by atoms with E-state index in [1.807, 2.05) is 45.0 Å². The summed E-state index contributed by atoms with van der Waals surface area (Å²) >= 11 is 1.32. The van der Waals surface area contributed by atoms with Crippen molar-refractivity contribution in [3.63, 3.8) is 0 Å². The van der Waals surface area contributed by atoms with Crippen LogP contribution in [0.5, 0.6) is 0 Å². The number of aryl methyl sites for hydroxylation is 3. The van der Waals surface area contributed by atoms with Gasteiger partial charge in [-0.25, -0.2) is 9.37 Å². The van der Waals surface area contributed by atoms with E-state index in [1.54, 1.807) is 0 Å². The second-order valence-corrected chi connectivity index (χ2v) is 8.41. The molecule has 0 bridgehead atoms. The lowest BCUT2D eigenvalue weighted by Gasteiger charge is -2.23. The second kappa shape index (κ2) is 7.50. The summed E-state index contributed by atoms with van der Waals surface area (Å²) in [5.41, 5.74) is 2.70. The molecule has 7 heteroatoms. The van der Waals surface area contributed by atoms with Crippen molar-refractivity contribution in [1.29, 1.82) is 0 Å². The largest absolute Gasteiger partial charge is 0.507 e. The molecule has 1 aromatic heterocycles. The van der Waals surface area contributed by atoms with Gasteiger partial charge in [0.05, 0.1) is 17.3 Å². The number of Topliss-reactive ketones (excluding diaryl/α,β-unsaturated/α-hetero) is 1. The minimum Gasteiger partial charge on any atom is -0.507 e. The number of halogens is 1. The Bertz CT molecular complexity index is 1160. The first-order valence-corrected chi connectivity index (χ1v) is 10.2. The number of aliphatic hydroxyl groups excluding tert-OH is 1. The van der Waals surface area contributed by atoms with E-state index in [0.29, 0.717) is 10.7 Å². The van der Waals surface area contributed by atoms with Gasteiger partial charge in [-0.05, 0) is 50.6 Å². The van der Waals surface area contributed by atoms with Gasteiger partial charge in [0.15, 0.2) is 5.13 Å². The van der Waals surface area contributed by atoms with Crippen LogP contribution in [0.15, 0.2) is 54.1 Å². The number of nitrogens with zero attached hydrogens (tertiary/aromatic N) is 2. The van der Waals surface area contributed by atoms with Gasteiger partial charge in [-0.2, -0.15) is 0 Å². The summed E-state index contributed by atoms with van der Waals surface area (Å²) in [6.07, 6.45) is 0. The van der Waals surface area contributed by atoms with Crippen LogP contribution in [-0.4, -0.2) is 21.8 Å². The molecular weight excluding hydrogens is 403 g/mol. The molecule has 3 aromatic rings.